The van der Waals surface area contributed by atoms with Gasteiger partial charge in [0.05, 0.1) is 5.03 Å². The molecular formula is C9H12Cl2Si. The van der Waals surface area contributed by atoms with Crippen LogP contribution in [0.25, 0.3) is 0 Å². The second-order valence-electron chi connectivity index (χ2n) is 2.88. The summed E-state index contributed by atoms with van der Waals surface area (Å²) in [6, 6.07) is 0. The van der Waals surface area contributed by atoms with Crippen LogP contribution in [-0.2, 0) is 0 Å². The van der Waals surface area contributed by atoms with Gasteiger partial charge in [0.15, 0.2) is 0 Å². The number of halogens is 2. The third-order valence-electron chi connectivity index (χ3n) is 2.20. The Labute approximate surface area is 85.8 Å². The van der Waals surface area contributed by atoms with Gasteiger partial charge in [0.1, 0.15) is 0 Å². The summed E-state index contributed by atoms with van der Waals surface area (Å²) in [7, 11) is -0.166. The summed E-state index contributed by atoms with van der Waals surface area (Å²) in [6.45, 7) is 6.03. The summed E-state index contributed by atoms with van der Waals surface area (Å²) in [5, 5.41) is 1.53. The van der Waals surface area contributed by atoms with E-state index in [0.717, 1.165) is 5.03 Å². The maximum absolute atomic E-state index is 6.09. The first kappa shape index (κ1) is 10.1. The Morgan fingerprint density at radius 1 is 1.58 bits per heavy atom. The third-order valence-corrected chi connectivity index (χ3v) is 5.20. The fourth-order valence-corrected chi connectivity index (χ4v) is 3.94. The molecule has 1 aliphatic carbocycles. The van der Waals surface area contributed by atoms with E-state index in [1.165, 1.54) is 0 Å². The Bertz CT molecular complexity index is 243. The average molecular weight is 219 g/mol. The van der Waals surface area contributed by atoms with E-state index >= 15 is 0 Å². The molecule has 3 heteroatoms. The largest absolute Gasteiger partial charge is 0.102 e. The van der Waals surface area contributed by atoms with Crippen LogP contribution in [0.3, 0.4) is 0 Å². The van der Waals surface area contributed by atoms with Crippen molar-refractivity contribution in [1.82, 2.24) is 0 Å². The van der Waals surface area contributed by atoms with Gasteiger partial charge in [-0.05, 0) is 17.5 Å². The molecule has 0 aromatic carbocycles. The molecule has 0 radical (unpaired) electrons. The lowest BCUT2D eigenvalue weighted by molar-refractivity contribution is 0.800. The zero-order valence-electron chi connectivity index (χ0n) is 7.06. The highest BCUT2D eigenvalue weighted by atomic mass is 35.5. The first-order chi connectivity index (χ1) is 5.70. The maximum atomic E-state index is 6.09. The zero-order valence-corrected chi connectivity index (χ0v) is 9.98. The van der Waals surface area contributed by atoms with Gasteiger partial charge in [-0.2, -0.15) is 0 Å². The molecule has 0 spiro atoms. The van der Waals surface area contributed by atoms with Gasteiger partial charge in [-0.25, -0.2) is 0 Å². The average Bonchev–Trinajstić information content (AvgIpc) is 2.09. The summed E-state index contributed by atoms with van der Waals surface area (Å²) in [6.07, 6.45) is 5.91. The molecule has 0 saturated heterocycles. The van der Waals surface area contributed by atoms with Crippen LogP contribution in [0.2, 0.25) is 12.1 Å². The molecule has 1 rings (SSSR count). The van der Waals surface area contributed by atoms with Gasteiger partial charge in [0.2, 0.25) is 0 Å². The van der Waals surface area contributed by atoms with Crippen molar-refractivity contribution < 1.29 is 0 Å². The standard InChI is InChI=1S/C9H12Cl2Si/c1-3-6-4-5-7(10)8(11)9(6)12-2/h3-6,9H,1,12H2,2H3/t6?,9-/m0/s1. The van der Waals surface area contributed by atoms with Crippen molar-refractivity contribution in [2.24, 2.45) is 5.92 Å². The number of rotatable bonds is 2. The monoisotopic (exact) mass is 218 g/mol. The van der Waals surface area contributed by atoms with E-state index in [1.807, 2.05) is 12.2 Å². The lowest BCUT2D eigenvalue weighted by Gasteiger charge is -2.23. The fourth-order valence-electron chi connectivity index (χ4n) is 1.45. The Hall–Kier alpha value is 0.0169. The Kier molecular flexibility index (Phi) is 3.63. The Morgan fingerprint density at radius 3 is 2.75 bits per heavy atom. The highest BCUT2D eigenvalue weighted by molar-refractivity contribution is 6.47. The van der Waals surface area contributed by atoms with Crippen molar-refractivity contribution in [2.75, 3.05) is 0 Å². The van der Waals surface area contributed by atoms with E-state index in [2.05, 4.69) is 19.2 Å². The van der Waals surface area contributed by atoms with E-state index in [9.17, 15) is 0 Å². The first-order valence-corrected chi connectivity index (χ1v) is 7.05. The van der Waals surface area contributed by atoms with Crippen molar-refractivity contribution >= 4 is 32.7 Å². The molecule has 1 aliphatic rings. The third kappa shape index (κ3) is 1.84. The minimum absolute atomic E-state index is 0.166. The second-order valence-corrected chi connectivity index (χ2v) is 5.39. The van der Waals surface area contributed by atoms with Crippen LogP contribution < -0.4 is 0 Å². The van der Waals surface area contributed by atoms with Gasteiger partial charge in [0.25, 0.3) is 0 Å². The number of hydrogen-bond donors (Lipinski definition) is 0. The minimum Gasteiger partial charge on any atom is -0.102 e. The summed E-state index contributed by atoms with van der Waals surface area (Å²) in [5.41, 5.74) is 0.460. The quantitative estimate of drug-likeness (QED) is 0.494. The lowest BCUT2D eigenvalue weighted by atomic mass is 10.0. The van der Waals surface area contributed by atoms with Gasteiger partial charge in [-0.1, -0.05) is 41.9 Å². The lowest BCUT2D eigenvalue weighted by Crippen LogP contribution is -2.13. The van der Waals surface area contributed by atoms with Crippen molar-refractivity contribution in [3.63, 3.8) is 0 Å². The van der Waals surface area contributed by atoms with Crippen molar-refractivity contribution in [1.29, 1.82) is 0 Å². The molecule has 0 saturated carbocycles. The van der Waals surface area contributed by atoms with Crippen LogP contribution >= 0.6 is 23.2 Å². The number of hydrogen-bond acceptors (Lipinski definition) is 0. The van der Waals surface area contributed by atoms with Gasteiger partial charge < -0.3 is 0 Å². The molecule has 0 bridgehead atoms. The second kappa shape index (κ2) is 4.31. The summed E-state index contributed by atoms with van der Waals surface area (Å²) < 4.78 is 0. The highest BCUT2D eigenvalue weighted by Crippen LogP contribution is 2.38. The van der Waals surface area contributed by atoms with Crippen LogP contribution in [0.5, 0.6) is 0 Å². The van der Waals surface area contributed by atoms with Crippen LogP contribution in [0.1, 0.15) is 0 Å². The molecule has 0 nitrogen and oxygen atoms in total. The Balaban J connectivity index is 2.92. The molecule has 0 aliphatic heterocycles. The van der Waals surface area contributed by atoms with Crippen LogP contribution in [0, 0.1) is 5.92 Å². The molecule has 0 aromatic heterocycles. The van der Waals surface area contributed by atoms with Gasteiger partial charge in [-0.15, -0.1) is 6.58 Å². The fraction of sp³-hybridized carbons (Fsp3) is 0.333. The van der Waals surface area contributed by atoms with Gasteiger partial charge >= 0.3 is 0 Å². The van der Waals surface area contributed by atoms with Crippen LogP contribution in [-0.4, -0.2) is 9.52 Å². The first-order valence-electron chi connectivity index (χ1n) is 4.06. The number of allylic oxidation sites excluding steroid dienone is 5. The van der Waals surface area contributed by atoms with E-state index in [1.54, 1.807) is 0 Å². The van der Waals surface area contributed by atoms with Crippen molar-refractivity contribution in [2.45, 2.75) is 12.1 Å². The zero-order chi connectivity index (χ0) is 9.14. The molecule has 66 valence electrons. The normalized spacial score (nSPS) is 30.2. The van der Waals surface area contributed by atoms with Gasteiger partial charge in [0, 0.05) is 14.6 Å². The molecule has 0 amide bonds. The molecule has 1 unspecified atom stereocenters. The van der Waals surface area contributed by atoms with Crippen LogP contribution in [0.4, 0.5) is 0 Å². The van der Waals surface area contributed by atoms with Gasteiger partial charge in [-0.3, -0.25) is 0 Å². The molecular weight excluding hydrogens is 207 g/mol. The molecule has 2 atom stereocenters. The molecule has 0 heterocycles. The smallest absolute Gasteiger partial charge is 0.0548 e. The van der Waals surface area contributed by atoms with Crippen molar-refractivity contribution in [3.8, 4) is 0 Å². The molecule has 0 N–H and O–H groups in total. The van der Waals surface area contributed by atoms with E-state index in [0.29, 0.717) is 16.5 Å². The topological polar surface area (TPSA) is 0 Å². The maximum Gasteiger partial charge on any atom is 0.0548 e. The van der Waals surface area contributed by atoms with E-state index in [4.69, 9.17) is 23.2 Å². The summed E-state index contributed by atoms with van der Waals surface area (Å²) in [5.74, 6) is 0.400. The molecule has 12 heavy (non-hydrogen) atoms. The predicted molar refractivity (Wildman–Crippen MR) is 59.7 cm³/mol. The predicted octanol–water partition coefficient (Wildman–Crippen LogP) is 3.05. The summed E-state index contributed by atoms with van der Waals surface area (Å²) in [4.78, 5) is 0. The molecule has 0 aromatic rings. The SMILES string of the molecule is C=CC1C=CC(Cl)=C(Cl)[C@H]1[SiH2]C. The van der Waals surface area contributed by atoms with E-state index in [-0.39, 0.29) is 9.52 Å². The minimum atomic E-state index is -0.166. The summed E-state index contributed by atoms with van der Waals surface area (Å²) >= 11 is 12.0. The van der Waals surface area contributed by atoms with Crippen LogP contribution in [0.15, 0.2) is 34.9 Å². The highest BCUT2D eigenvalue weighted by Gasteiger charge is 2.23. The Morgan fingerprint density at radius 2 is 2.25 bits per heavy atom. The van der Waals surface area contributed by atoms with Crippen molar-refractivity contribution in [3.05, 3.63) is 34.9 Å². The van der Waals surface area contributed by atoms with E-state index < -0.39 is 0 Å². The molecule has 0 fully saturated rings.